The lowest BCUT2D eigenvalue weighted by molar-refractivity contribution is 0.314. The van der Waals surface area contributed by atoms with Crippen LogP contribution in [0.4, 0.5) is 0 Å². The van der Waals surface area contributed by atoms with E-state index in [9.17, 15) is 0 Å². The van der Waals surface area contributed by atoms with Crippen LogP contribution in [0.3, 0.4) is 0 Å². The quantitative estimate of drug-likeness (QED) is 0.289. The van der Waals surface area contributed by atoms with E-state index in [4.69, 9.17) is 5.84 Å². The molecule has 0 aliphatic heterocycles. The Morgan fingerprint density at radius 2 is 1.80 bits per heavy atom. The molecule has 0 aliphatic rings. The fourth-order valence-electron chi connectivity index (χ4n) is 0.828. The lowest BCUT2D eigenvalue weighted by atomic mass is 9.88. The van der Waals surface area contributed by atoms with Gasteiger partial charge in [-0.05, 0) is 18.3 Å². The van der Waals surface area contributed by atoms with Gasteiger partial charge in [-0.1, -0.05) is 34.6 Å². The molecule has 4 nitrogen and oxygen atoms in total. The van der Waals surface area contributed by atoms with E-state index in [2.05, 4.69) is 57.3 Å². The van der Waals surface area contributed by atoms with E-state index >= 15 is 0 Å². The van der Waals surface area contributed by atoms with Crippen LogP contribution in [0.15, 0.2) is 4.99 Å². The third-order valence-corrected chi connectivity index (χ3v) is 2.40. The smallest absolute Gasteiger partial charge is 0.205 e. The first kappa shape index (κ1) is 14.2. The first-order valence-corrected chi connectivity index (χ1v) is 5.55. The van der Waals surface area contributed by atoms with Gasteiger partial charge in [-0.2, -0.15) is 0 Å². The second-order valence-electron chi connectivity index (χ2n) is 5.46. The largest absolute Gasteiger partial charge is 0.352 e. The molecule has 0 spiro atoms. The van der Waals surface area contributed by atoms with Crippen LogP contribution in [0, 0.1) is 11.3 Å². The van der Waals surface area contributed by atoms with Crippen molar-refractivity contribution in [1.82, 2.24) is 10.7 Å². The Kier molecular flexibility index (Phi) is 5.65. The average Bonchev–Trinajstić information content (AvgIpc) is 2.09. The van der Waals surface area contributed by atoms with Gasteiger partial charge in [0.1, 0.15) is 0 Å². The van der Waals surface area contributed by atoms with E-state index in [1.165, 1.54) is 0 Å². The summed E-state index contributed by atoms with van der Waals surface area (Å²) in [5, 5.41) is 3.28. The highest BCUT2D eigenvalue weighted by Crippen LogP contribution is 2.18. The summed E-state index contributed by atoms with van der Waals surface area (Å²) < 4.78 is 0. The molecule has 0 bridgehead atoms. The van der Waals surface area contributed by atoms with Gasteiger partial charge < -0.3 is 5.32 Å². The van der Waals surface area contributed by atoms with E-state index in [0.29, 0.717) is 17.9 Å². The molecule has 1 atom stereocenters. The van der Waals surface area contributed by atoms with E-state index in [1.807, 2.05) is 0 Å². The van der Waals surface area contributed by atoms with Gasteiger partial charge in [0, 0.05) is 12.6 Å². The van der Waals surface area contributed by atoms with Crippen LogP contribution in [-0.2, 0) is 0 Å². The maximum Gasteiger partial charge on any atom is 0.205 e. The van der Waals surface area contributed by atoms with Crippen LogP contribution in [-0.4, -0.2) is 18.5 Å². The molecule has 0 aromatic rings. The highest BCUT2D eigenvalue weighted by atomic mass is 15.3. The van der Waals surface area contributed by atoms with Crippen LogP contribution in [0.5, 0.6) is 0 Å². The van der Waals surface area contributed by atoms with Crippen LogP contribution >= 0.6 is 0 Å². The summed E-state index contributed by atoms with van der Waals surface area (Å²) in [4.78, 5) is 4.36. The van der Waals surface area contributed by atoms with Gasteiger partial charge in [0.15, 0.2) is 0 Å². The lowest BCUT2D eigenvalue weighted by Gasteiger charge is -2.29. The maximum atomic E-state index is 5.41. The molecule has 0 aliphatic carbocycles. The minimum atomic E-state index is 0.190. The summed E-state index contributed by atoms with van der Waals surface area (Å²) in [6.07, 6.45) is 0. The van der Waals surface area contributed by atoms with E-state index in [-0.39, 0.29) is 5.41 Å². The summed E-state index contributed by atoms with van der Waals surface area (Å²) in [6.45, 7) is 13.7. The SMILES string of the molecule is CC(C)CN=C(NN)NC(C)C(C)(C)C. The Labute approximate surface area is 93.7 Å². The standard InChI is InChI=1S/C11H26N4/c1-8(2)7-13-10(15-12)14-9(3)11(4,5)6/h8-9H,7,12H2,1-6H3,(H2,13,14,15). The Balaban J connectivity index is 4.27. The first-order chi connectivity index (χ1) is 6.77. The van der Waals surface area contributed by atoms with Gasteiger partial charge in [-0.15, -0.1) is 0 Å². The summed E-state index contributed by atoms with van der Waals surface area (Å²) in [5.74, 6) is 6.62. The third-order valence-electron chi connectivity index (χ3n) is 2.40. The molecule has 1 unspecified atom stereocenters. The van der Waals surface area contributed by atoms with E-state index < -0.39 is 0 Å². The van der Waals surface area contributed by atoms with Gasteiger partial charge in [0.25, 0.3) is 0 Å². The van der Waals surface area contributed by atoms with Crippen LogP contribution in [0.2, 0.25) is 0 Å². The molecule has 0 heterocycles. The Bertz CT molecular complexity index is 203. The summed E-state index contributed by atoms with van der Waals surface area (Å²) in [5.41, 5.74) is 2.79. The zero-order valence-electron chi connectivity index (χ0n) is 10.9. The van der Waals surface area contributed by atoms with Gasteiger partial charge in [-0.3, -0.25) is 10.4 Å². The first-order valence-electron chi connectivity index (χ1n) is 5.55. The second-order valence-corrected chi connectivity index (χ2v) is 5.46. The topological polar surface area (TPSA) is 62.4 Å². The average molecular weight is 214 g/mol. The number of nitrogens with one attached hydrogen (secondary N) is 2. The van der Waals surface area contributed by atoms with Crippen molar-refractivity contribution in [1.29, 1.82) is 0 Å². The highest BCUT2D eigenvalue weighted by molar-refractivity contribution is 5.79. The van der Waals surface area contributed by atoms with Crippen molar-refractivity contribution in [3.8, 4) is 0 Å². The number of nitrogens with zero attached hydrogens (tertiary/aromatic N) is 1. The highest BCUT2D eigenvalue weighted by Gasteiger charge is 2.20. The zero-order valence-corrected chi connectivity index (χ0v) is 10.9. The Morgan fingerprint density at radius 3 is 2.13 bits per heavy atom. The number of hydrazine groups is 1. The second kappa shape index (κ2) is 5.95. The molecule has 15 heavy (non-hydrogen) atoms. The molecule has 0 fully saturated rings. The number of hydrogen-bond donors (Lipinski definition) is 3. The molecule has 90 valence electrons. The minimum absolute atomic E-state index is 0.190. The summed E-state index contributed by atoms with van der Waals surface area (Å²) in [7, 11) is 0. The lowest BCUT2D eigenvalue weighted by Crippen LogP contribution is -2.49. The fourth-order valence-corrected chi connectivity index (χ4v) is 0.828. The number of aliphatic imine (C=N–C) groups is 1. The molecule has 0 saturated heterocycles. The predicted octanol–water partition coefficient (Wildman–Crippen LogP) is 1.49. The normalized spacial score (nSPS) is 15.3. The number of nitrogens with two attached hydrogens (primary N) is 1. The molecular weight excluding hydrogens is 188 g/mol. The molecule has 0 rings (SSSR count). The number of hydrogen-bond acceptors (Lipinski definition) is 2. The van der Waals surface area contributed by atoms with Crippen LogP contribution in [0.25, 0.3) is 0 Å². The monoisotopic (exact) mass is 214 g/mol. The molecule has 0 aromatic heterocycles. The van der Waals surface area contributed by atoms with Crippen molar-refractivity contribution in [2.24, 2.45) is 22.2 Å². The van der Waals surface area contributed by atoms with E-state index in [0.717, 1.165) is 6.54 Å². The number of rotatable bonds is 3. The predicted molar refractivity (Wildman–Crippen MR) is 66.5 cm³/mol. The summed E-state index contributed by atoms with van der Waals surface area (Å²) >= 11 is 0. The maximum absolute atomic E-state index is 5.41. The van der Waals surface area contributed by atoms with Gasteiger partial charge in [0.2, 0.25) is 5.96 Å². The van der Waals surface area contributed by atoms with Crippen molar-refractivity contribution in [2.45, 2.75) is 47.6 Å². The Morgan fingerprint density at radius 1 is 1.27 bits per heavy atom. The molecular formula is C11H26N4. The van der Waals surface area contributed by atoms with Crippen LogP contribution in [0.1, 0.15) is 41.5 Å². The van der Waals surface area contributed by atoms with E-state index in [1.54, 1.807) is 0 Å². The van der Waals surface area contributed by atoms with Crippen molar-refractivity contribution in [2.75, 3.05) is 6.54 Å². The van der Waals surface area contributed by atoms with Crippen molar-refractivity contribution in [3.05, 3.63) is 0 Å². The molecule has 0 radical (unpaired) electrons. The van der Waals surface area contributed by atoms with Gasteiger partial charge in [0.05, 0.1) is 0 Å². The number of guanidine groups is 1. The fraction of sp³-hybridized carbons (Fsp3) is 0.909. The molecule has 0 aromatic carbocycles. The molecule has 0 amide bonds. The molecule has 0 saturated carbocycles. The van der Waals surface area contributed by atoms with Crippen molar-refractivity contribution in [3.63, 3.8) is 0 Å². The van der Waals surface area contributed by atoms with Crippen LogP contribution < -0.4 is 16.6 Å². The van der Waals surface area contributed by atoms with Crippen molar-refractivity contribution < 1.29 is 0 Å². The molecule has 4 N–H and O–H groups in total. The van der Waals surface area contributed by atoms with Gasteiger partial charge in [-0.25, -0.2) is 5.84 Å². The minimum Gasteiger partial charge on any atom is -0.352 e. The van der Waals surface area contributed by atoms with Gasteiger partial charge >= 0.3 is 0 Å². The Hall–Kier alpha value is -0.770. The van der Waals surface area contributed by atoms with Crippen molar-refractivity contribution >= 4 is 5.96 Å². The zero-order chi connectivity index (χ0) is 12.1. The summed E-state index contributed by atoms with van der Waals surface area (Å²) in [6, 6.07) is 0.319. The molecule has 4 heteroatoms. The third kappa shape index (κ3) is 6.33.